The first-order chi connectivity index (χ1) is 9.59. The molecule has 0 saturated carbocycles. The van der Waals surface area contributed by atoms with Gasteiger partial charge >= 0.3 is 5.97 Å². The standard InChI is InChI=1S/C13H23N5O2/c1-4-14-13(3,12(19)20-5-2)9-17-6-7-18-10-15-16-11(18)8-17/h10,14H,4-9H2,1-3H3. The van der Waals surface area contributed by atoms with Gasteiger partial charge in [0, 0.05) is 19.6 Å². The van der Waals surface area contributed by atoms with Gasteiger partial charge in [-0.3, -0.25) is 9.69 Å². The van der Waals surface area contributed by atoms with Crippen molar-refractivity contribution in [2.75, 3.05) is 26.2 Å². The van der Waals surface area contributed by atoms with Crippen LogP contribution >= 0.6 is 0 Å². The fraction of sp³-hybridized carbons (Fsp3) is 0.769. The predicted molar refractivity (Wildman–Crippen MR) is 74.0 cm³/mol. The SMILES string of the molecule is CCNC(C)(CN1CCn2cnnc2C1)C(=O)OCC. The van der Waals surface area contributed by atoms with Crippen LogP contribution in [0.25, 0.3) is 0 Å². The summed E-state index contributed by atoms with van der Waals surface area (Å²) in [5.41, 5.74) is -0.688. The zero-order valence-electron chi connectivity index (χ0n) is 12.4. The van der Waals surface area contributed by atoms with Crippen molar-refractivity contribution in [3.63, 3.8) is 0 Å². The molecule has 1 aromatic rings. The molecule has 0 amide bonds. The van der Waals surface area contributed by atoms with E-state index in [1.165, 1.54) is 0 Å². The van der Waals surface area contributed by atoms with Crippen molar-refractivity contribution in [1.29, 1.82) is 0 Å². The van der Waals surface area contributed by atoms with Gasteiger partial charge in [-0.15, -0.1) is 10.2 Å². The number of esters is 1. The van der Waals surface area contributed by atoms with E-state index in [4.69, 9.17) is 4.74 Å². The third-order valence-electron chi connectivity index (χ3n) is 3.55. The fourth-order valence-corrected chi connectivity index (χ4v) is 2.57. The third-order valence-corrected chi connectivity index (χ3v) is 3.55. The molecule has 7 heteroatoms. The number of ether oxygens (including phenoxy) is 1. The van der Waals surface area contributed by atoms with Crippen LogP contribution in [-0.2, 0) is 22.6 Å². The molecule has 1 aromatic heterocycles. The van der Waals surface area contributed by atoms with Crippen LogP contribution in [0, 0.1) is 0 Å². The van der Waals surface area contributed by atoms with Crippen molar-refractivity contribution < 1.29 is 9.53 Å². The first-order valence-electron chi connectivity index (χ1n) is 7.10. The van der Waals surface area contributed by atoms with Gasteiger partial charge in [-0.25, -0.2) is 0 Å². The number of fused-ring (bicyclic) bond motifs is 1. The summed E-state index contributed by atoms with van der Waals surface area (Å²) in [5.74, 6) is 0.743. The van der Waals surface area contributed by atoms with Gasteiger partial charge in [0.25, 0.3) is 0 Å². The molecule has 1 aliphatic rings. The molecule has 0 aromatic carbocycles. The van der Waals surface area contributed by atoms with Crippen molar-refractivity contribution in [2.45, 2.75) is 39.4 Å². The molecule has 0 bridgehead atoms. The number of carbonyl (C=O) groups excluding carboxylic acids is 1. The van der Waals surface area contributed by atoms with Crippen LogP contribution < -0.4 is 5.32 Å². The highest BCUT2D eigenvalue weighted by Gasteiger charge is 2.36. The van der Waals surface area contributed by atoms with E-state index < -0.39 is 5.54 Å². The molecule has 1 unspecified atom stereocenters. The molecule has 20 heavy (non-hydrogen) atoms. The van der Waals surface area contributed by atoms with Crippen molar-refractivity contribution >= 4 is 5.97 Å². The first kappa shape index (κ1) is 14.9. The van der Waals surface area contributed by atoms with Crippen LogP contribution in [0.2, 0.25) is 0 Å². The van der Waals surface area contributed by atoms with E-state index in [2.05, 4.69) is 20.4 Å². The molecule has 0 aliphatic carbocycles. The molecule has 7 nitrogen and oxygen atoms in total. The summed E-state index contributed by atoms with van der Waals surface area (Å²) in [4.78, 5) is 14.4. The number of hydrogen-bond acceptors (Lipinski definition) is 6. The van der Waals surface area contributed by atoms with Gasteiger partial charge in [0.15, 0.2) is 0 Å². The Morgan fingerprint density at radius 1 is 1.50 bits per heavy atom. The highest BCUT2D eigenvalue weighted by Crippen LogP contribution is 2.15. The van der Waals surface area contributed by atoms with Crippen molar-refractivity contribution in [1.82, 2.24) is 25.0 Å². The monoisotopic (exact) mass is 281 g/mol. The Kier molecular flexibility index (Phi) is 4.72. The van der Waals surface area contributed by atoms with Gasteiger partial charge in [0.2, 0.25) is 0 Å². The zero-order chi connectivity index (χ0) is 14.6. The highest BCUT2D eigenvalue weighted by molar-refractivity contribution is 5.80. The van der Waals surface area contributed by atoms with E-state index in [0.717, 1.165) is 25.5 Å². The van der Waals surface area contributed by atoms with Gasteiger partial charge in [0.1, 0.15) is 17.7 Å². The van der Waals surface area contributed by atoms with E-state index >= 15 is 0 Å². The second-order valence-corrected chi connectivity index (χ2v) is 5.23. The molecular formula is C13H23N5O2. The molecule has 1 atom stereocenters. The van der Waals surface area contributed by atoms with Crippen LogP contribution in [0.5, 0.6) is 0 Å². The second kappa shape index (κ2) is 6.32. The minimum atomic E-state index is -0.688. The Labute approximate surface area is 119 Å². The largest absolute Gasteiger partial charge is 0.465 e. The molecule has 112 valence electrons. The molecule has 0 spiro atoms. The number of rotatable bonds is 6. The lowest BCUT2D eigenvalue weighted by molar-refractivity contribution is -0.151. The van der Waals surface area contributed by atoms with E-state index in [0.29, 0.717) is 19.7 Å². The number of carbonyl (C=O) groups is 1. The fourth-order valence-electron chi connectivity index (χ4n) is 2.57. The predicted octanol–water partition coefficient (Wildman–Crippen LogP) is 0.0250. The summed E-state index contributed by atoms with van der Waals surface area (Å²) in [7, 11) is 0. The molecule has 0 saturated heterocycles. The number of nitrogens with zero attached hydrogens (tertiary/aromatic N) is 4. The molecular weight excluding hydrogens is 258 g/mol. The maximum Gasteiger partial charge on any atom is 0.327 e. The van der Waals surface area contributed by atoms with Gasteiger partial charge < -0.3 is 14.6 Å². The quantitative estimate of drug-likeness (QED) is 0.742. The van der Waals surface area contributed by atoms with Gasteiger partial charge in [0.05, 0.1) is 13.2 Å². The summed E-state index contributed by atoms with van der Waals surface area (Å²) in [6, 6.07) is 0. The molecule has 2 heterocycles. The van der Waals surface area contributed by atoms with Crippen LogP contribution in [0.1, 0.15) is 26.6 Å². The van der Waals surface area contributed by atoms with Gasteiger partial charge in [-0.2, -0.15) is 0 Å². The lowest BCUT2D eigenvalue weighted by Gasteiger charge is -2.35. The summed E-state index contributed by atoms with van der Waals surface area (Å²) in [6.07, 6.45) is 1.75. The minimum Gasteiger partial charge on any atom is -0.465 e. The average molecular weight is 281 g/mol. The Balaban J connectivity index is 2.03. The van der Waals surface area contributed by atoms with E-state index in [1.54, 1.807) is 6.33 Å². The van der Waals surface area contributed by atoms with Crippen molar-refractivity contribution in [2.24, 2.45) is 0 Å². The molecule has 1 aliphatic heterocycles. The summed E-state index contributed by atoms with van der Waals surface area (Å²) < 4.78 is 7.24. The van der Waals surface area contributed by atoms with E-state index in [-0.39, 0.29) is 5.97 Å². The van der Waals surface area contributed by atoms with Crippen LogP contribution in [0.3, 0.4) is 0 Å². The Hall–Kier alpha value is -1.47. The van der Waals surface area contributed by atoms with Crippen molar-refractivity contribution in [3.8, 4) is 0 Å². The summed E-state index contributed by atoms with van der Waals surface area (Å²) >= 11 is 0. The normalized spacial score (nSPS) is 18.4. The van der Waals surface area contributed by atoms with Gasteiger partial charge in [-0.1, -0.05) is 6.92 Å². The third kappa shape index (κ3) is 3.16. The zero-order valence-corrected chi connectivity index (χ0v) is 12.4. The molecule has 2 rings (SSSR count). The Bertz CT molecular complexity index is 461. The molecule has 0 fully saturated rings. The topological polar surface area (TPSA) is 72.3 Å². The lowest BCUT2D eigenvalue weighted by atomic mass is 10.0. The van der Waals surface area contributed by atoms with Crippen LogP contribution in [-0.4, -0.2) is 57.4 Å². The van der Waals surface area contributed by atoms with E-state index in [1.807, 2.05) is 25.3 Å². The van der Waals surface area contributed by atoms with Gasteiger partial charge in [-0.05, 0) is 20.4 Å². The maximum absolute atomic E-state index is 12.2. The van der Waals surface area contributed by atoms with Crippen LogP contribution in [0.15, 0.2) is 6.33 Å². The second-order valence-electron chi connectivity index (χ2n) is 5.23. The first-order valence-corrected chi connectivity index (χ1v) is 7.10. The Morgan fingerprint density at radius 2 is 2.30 bits per heavy atom. The summed E-state index contributed by atoms with van der Waals surface area (Å²) in [5, 5.41) is 11.3. The number of aromatic nitrogens is 3. The number of hydrogen-bond donors (Lipinski definition) is 1. The smallest absolute Gasteiger partial charge is 0.327 e. The molecule has 0 radical (unpaired) electrons. The minimum absolute atomic E-state index is 0.200. The Morgan fingerprint density at radius 3 is 3.00 bits per heavy atom. The average Bonchev–Trinajstić information content (AvgIpc) is 2.86. The highest BCUT2D eigenvalue weighted by atomic mass is 16.5. The number of nitrogens with one attached hydrogen (secondary N) is 1. The summed E-state index contributed by atoms with van der Waals surface area (Å²) in [6.45, 7) is 9.88. The van der Waals surface area contributed by atoms with E-state index in [9.17, 15) is 4.79 Å². The maximum atomic E-state index is 12.2. The lowest BCUT2D eigenvalue weighted by Crippen LogP contribution is -2.58. The molecule has 1 N–H and O–H groups in total. The van der Waals surface area contributed by atoms with Crippen molar-refractivity contribution in [3.05, 3.63) is 12.2 Å². The number of likely N-dealkylation sites (N-methyl/N-ethyl adjacent to an activating group) is 1. The van der Waals surface area contributed by atoms with Crippen LogP contribution in [0.4, 0.5) is 0 Å².